The Balaban J connectivity index is 1.96. The van der Waals surface area contributed by atoms with Gasteiger partial charge in [0.05, 0.1) is 18.8 Å². The van der Waals surface area contributed by atoms with E-state index in [9.17, 15) is 0 Å². The molecule has 4 heteroatoms. The van der Waals surface area contributed by atoms with Crippen molar-refractivity contribution in [2.75, 3.05) is 0 Å². The highest BCUT2D eigenvalue weighted by atomic mass is 16.3. The van der Waals surface area contributed by atoms with Crippen molar-refractivity contribution in [2.45, 2.75) is 25.9 Å². The number of nitrogens with zero attached hydrogens (tertiary/aromatic N) is 2. The molecule has 0 amide bonds. The van der Waals surface area contributed by atoms with Crippen LogP contribution in [0.5, 0.6) is 0 Å². The van der Waals surface area contributed by atoms with Crippen molar-refractivity contribution in [3.05, 3.63) is 42.4 Å². The van der Waals surface area contributed by atoms with Gasteiger partial charge in [-0.1, -0.05) is 6.92 Å². The number of nitrogens with one attached hydrogen (secondary N) is 1. The molecule has 2 aromatic rings. The third-order valence-electron chi connectivity index (χ3n) is 2.72. The number of hydrogen-bond donors (Lipinski definition) is 1. The average molecular weight is 219 g/mol. The summed E-state index contributed by atoms with van der Waals surface area (Å²) in [6.07, 6.45) is 6.47. The van der Waals surface area contributed by atoms with Crippen LogP contribution in [0.15, 0.2) is 35.2 Å². The van der Waals surface area contributed by atoms with E-state index in [1.807, 2.05) is 36.1 Å². The molecule has 0 saturated heterocycles. The van der Waals surface area contributed by atoms with Gasteiger partial charge in [0, 0.05) is 19.4 Å². The number of imidazole rings is 1. The van der Waals surface area contributed by atoms with Gasteiger partial charge in [-0.2, -0.15) is 0 Å². The number of furan rings is 1. The summed E-state index contributed by atoms with van der Waals surface area (Å²) in [5.41, 5.74) is 0. The number of hydrogen-bond acceptors (Lipinski definition) is 3. The minimum atomic E-state index is 0.256. The summed E-state index contributed by atoms with van der Waals surface area (Å²) < 4.78 is 7.41. The molecule has 16 heavy (non-hydrogen) atoms. The first kappa shape index (κ1) is 11.0. The Bertz CT molecular complexity index is 419. The Morgan fingerprint density at radius 2 is 2.44 bits per heavy atom. The molecule has 0 aliphatic rings. The summed E-state index contributed by atoms with van der Waals surface area (Å²) >= 11 is 0. The second kappa shape index (κ2) is 4.99. The first-order chi connectivity index (χ1) is 7.81. The molecular formula is C12H17N3O. The molecule has 0 saturated carbocycles. The topological polar surface area (TPSA) is 43.0 Å². The van der Waals surface area contributed by atoms with Crippen molar-refractivity contribution >= 4 is 0 Å². The Kier molecular flexibility index (Phi) is 3.41. The van der Waals surface area contributed by atoms with Crippen LogP contribution < -0.4 is 5.32 Å². The maximum Gasteiger partial charge on any atom is 0.122 e. The fraction of sp³-hybridized carbons (Fsp3) is 0.417. The minimum absolute atomic E-state index is 0.256. The third kappa shape index (κ3) is 2.33. The van der Waals surface area contributed by atoms with Gasteiger partial charge in [-0.3, -0.25) is 0 Å². The molecule has 1 unspecified atom stereocenters. The van der Waals surface area contributed by atoms with Crippen LogP contribution >= 0.6 is 0 Å². The zero-order valence-electron chi connectivity index (χ0n) is 9.68. The average Bonchev–Trinajstić information content (AvgIpc) is 2.92. The van der Waals surface area contributed by atoms with Crippen LogP contribution in [0.3, 0.4) is 0 Å². The van der Waals surface area contributed by atoms with Crippen molar-refractivity contribution in [1.29, 1.82) is 0 Å². The molecule has 2 rings (SSSR count). The van der Waals surface area contributed by atoms with E-state index in [0.717, 1.165) is 24.6 Å². The third-order valence-corrected chi connectivity index (χ3v) is 2.72. The molecule has 0 aliphatic carbocycles. The lowest BCUT2D eigenvalue weighted by molar-refractivity contribution is 0.398. The molecule has 0 radical (unpaired) electrons. The number of rotatable bonds is 5. The monoisotopic (exact) mass is 219 g/mol. The summed E-state index contributed by atoms with van der Waals surface area (Å²) in [4.78, 5) is 4.27. The zero-order chi connectivity index (χ0) is 11.4. The highest BCUT2D eigenvalue weighted by Gasteiger charge is 2.11. The predicted octanol–water partition coefficient (Wildman–Crippen LogP) is 2.25. The molecule has 1 N–H and O–H groups in total. The zero-order valence-corrected chi connectivity index (χ0v) is 9.68. The smallest absolute Gasteiger partial charge is 0.122 e. The summed E-state index contributed by atoms with van der Waals surface area (Å²) in [6.45, 7) is 2.89. The Hall–Kier alpha value is -1.55. The molecular weight excluding hydrogens is 202 g/mol. The van der Waals surface area contributed by atoms with Gasteiger partial charge in [0.25, 0.3) is 0 Å². The van der Waals surface area contributed by atoms with Gasteiger partial charge in [-0.25, -0.2) is 4.98 Å². The SMILES string of the molecule is CCC(NCc1nccn1C)c1ccco1. The van der Waals surface area contributed by atoms with Crippen molar-refractivity contribution in [2.24, 2.45) is 7.05 Å². The van der Waals surface area contributed by atoms with Crippen molar-refractivity contribution in [3.8, 4) is 0 Å². The molecule has 86 valence electrons. The fourth-order valence-electron chi connectivity index (χ4n) is 1.72. The quantitative estimate of drug-likeness (QED) is 0.838. The van der Waals surface area contributed by atoms with Gasteiger partial charge >= 0.3 is 0 Å². The largest absolute Gasteiger partial charge is 0.468 e. The summed E-state index contributed by atoms with van der Waals surface area (Å²) in [6, 6.07) is 4.17. The van der Waals surface area contributed by atoms with Gasteiger partial charge in [0.2, 0.25) is 0 Å². The van der Waals surface area contributed by atoms with E-state index in [1.165, 1.54) is 0 Å². The molecule has 0 bridgehead atoms. The highest BCUT2D eigenvalue weighted by Crippen LogP contribution is 2.17. The molecule has 0 aromatic carbocycles. The Labute approximate surface area is 95.3 Å². The van der Waals surface area contributed by atoms with Crippen molar-refractivity contribution in [3.63, 3.8) is 0 Å². The first-order valence-corrected chi connectivity index (χ1v) is 5.54. The molecule has 0 fully saturated rings. The van der Waals surface area contributed by atoms with Gasteiger partial charge in [-0.05, 0) is 18.6 Å². The van der Waals surface area contributed by atoms with E-state index in [4.69, 9.17) is 4.42 Å². The molecule has 2 aromatic heterocycles. The van der Waals surface area contributed by atoms with Crippen LogP contribution in [0.25, 0.3) is 0 Å². The van der Waals surface area contributed by atoms with Gasteiger partial charge in [-0.15, -0.1) is 0 Å². The minimum Gasteiger partial charge on any atom is -0.468 e. The van der Waals surface area contributed by atoms with Crippen LogP contribution in [0, 0.1) is 0 Å². The summed E-state index contributed by atoms with van der Waals surface area (Å²) in [5.74, 6) is 2.02. The highest BCUT2D eigenvalue weighted by molar-refractivity contribution is 5.04. The molecule has 1 atom stereocenters. The van der Waals surface area contributed by atoms with E-state index in [0.29, 0.717) is 0 Å². The van der Waals surface area contributed by atoms with Crippen LogP contribution in [0.2, 0.25) is 0 Å². The van der Waals surface area contributed by atoms with Crippen LogP contribution in [-0.2, 0) is 13.6 Å². The van der Waals surface area contributed by atoms with Crippen molar-refractivity contribution in [1.82, 2.24) is 14.9 Å². The van der Waals surface area contributed by atoms with Gasteiger partial charge < -0.3 is 14.3 Å². The molecule has 0 spiro atoms. The maximum absolute atomic E-state index is 5.40. The van der Waals surface area contributed by atoms with Gasteiger partial charge in [0.1, 0.15) is 11.6 Å². The molecule has 0 aliphatic heterocycles. The van der Waals surface area contributed by atoms with E-state index >= 15 is 0 Å². The lowest BCUT2D eigenvalue weighted by Crippen LogP contribution is -2.21. The lowest BCUT2D eigenvalue weighted by atomic mass is 10.2. The second-order valence-electron chi connectivity index (χ2n) is 3.81. The lowest BCUT2D eigenvalue weighted by Gasteiger charge is -2.14. The summed E-state index contributed by atoms with van der Waals surface area (Å²) in [7, 11) is 2.00. The summed E-state index contributed by atoms with van der Waals surface area (Å²) in [5, 5.41) is 3.44. The molecule has 4 nitrogen and oxygen atoms in total. The first-order valence-electron chi connectivity index (χ1n) is 5.54. The maximum atomic E-state index is 5.40. The van der Waals surface area contributed by atoms with Crippen LogP contribution in [-0.4, -0.2) is 9.55 Å². The normalized spacial score (nSPS) is 12.9. The Morgan fingerprint density at radius 1 is 1.56 bits per heavy atom. The second-order valence-corrected chi connectivity index (χ2v) is 3.81. The van der Waals surface area contributed by atoms with Gasteiger partial charge in [0.15, 0.2) is 0 Å². The predicted molar refractivity (Wildman–Crippen MR) is 61.8 cm³/mol. The van der Waals surface area contributed by atoms with E-state index in [1.54, 1.807) is 6.26 Å². The van der Waals surface area contributed by atoms with Crippen LogP contribution in [0.4, 0.5) is 0 Å². The Morgan fingerprint density at radius 3 is 3.00 bits per heavy atom. The van der Waals surface area contributed by atoms with Crippen LogP contribution in [0.1, 0.15) is 31.0 Å². The van der Waals surface area contributed by atoms with E-state index in [-0.39, 0.29) is 6.04 Å². The van der Waals surface area contributed by atoms with E-state index in [2.05, 4.69) is 17.2 Å². The number of aromatic nitrogens is 2. The van der Waals surface area contributed by atoms with E-state index < -0.39 is 0 Å². The molecule has 2 heterocycles. The fourth-order valence-corrected chi connectivity index (χ4v) is 1.72. The number of aryl methyl sites for hydroxylation is 1. The standard InChI is InChI=1S/C12H17N3O/c1-3-10(11-5-4-8-16-11)14-9-12-13-6-7-15(12)2/h4-8,10,14H,3,9H2,1-2H3. The van der Waals surface area contributed by atoms with Crippen molar-refractivity contribution < 1.29 is 4.42 Å².